The van der Waals surface area contributed by atoms with Crippen LogP contribution in [0.15, 0.2) is 36.4 Å². The first-order valence-electron chi connectivity index (χ1n) is 12.2. The Morgan fingerprint density at radius 3 is 2.18 bits per heavy atom. The molecule has 1 saturated heterocycles. The molecule has 0 saturated carbocycles. The van der Waals surface area contributed by atoms with E-state index in [4.69, 9.17) is 4.74 Å². The third kappa shape index (κ3) is 2.89. The molecule has 5 atom stereocenters. The largest absolute Gasteiger partial charge is 0.394 e. The maximum atomic E-state index is 15.6. The van der Waals surface area contributed by atoms with Crippen LogP contribution < -0.4 is 0 Å². The molecule has 2 aliphatic heterocycles. The number of amides is 2. The first-order valence-corrected chi connectivity index (χ1v) is 12.2. The highest BCUT2D eigenvalue weighted by Gasteiger charge is 2.47. The van der Waals surface area contributed by atoms with Crippen LogP contribution in [-0.4, -0.2) is 84.8 Å². The first kappa shape index (κ1) is 24.1. The number of H-pyrrole nitrogens is 1. The van der Waals surface area contributed by atoms with Crippen LogP contribution in [0.2, 0.25) is 0 Å². The maximum absolute atomic E-state index is 15.6. The van der Waals surface area contributed by atoms with Gasteiger partial charge in [-0.2, -0.15) is 0 Å². The topological polar surface area (TPSA) is 148 Å². The summed E-state index contributed by atoms with van der Waals surface area (Å²) in [4.78, 5) is 30.8. The number of nitrogens with one attached hydrogen (secondary N) is 1. The number of imide groups is 1. The van der Waals surface area contributed by atoms with Crippen LogP contribution in [0.1, 0.15) is 26.9 Å². The van der Waals surface area contributed by atoms with Crippen molar-refractivity contribution in [3.05, 3.63) is 59.2 Å². The van der Waals surface area contributed by atoms with E-state index in [2.05, 4.69) is 4.98 Å². The van der Waals surface area contributed by atoms with Gasteiger partial charge in [-0.3, -0.25) is 14.5 Å². The van der Waals surface area contributed by atoms with Gasteiger partial charge >= 0.3 is 0 Å². The summed E-state index contributed by atoms with van der Waals surface area (Å²) in [6.45, 7) is -0.721. The van der Waals surface area contributed by atoms with E-state index in [1.165, 1.54) is 35.9 Å². The SMILES string of the molecule is CN1C(=O)c2c(c3c4cccc(F)c4n([C@H]4O[C@H](CO)[C@@H](O)[C@H](O)[C@H]4O)c3c3[nH]c4c(F)cccc4c23)C1=O. The average molecular weight is 537 g/mol. The monoisotopic (exact) mass is 537 g/mol. The number of fused-ring (bicyclic) bond motifs is 10. The van der Waals surface area contributed by atoms with Crippen molar-refractivity contribution >= 4 is 55.4 Å². The van der Waals surface area contributed by atoms with Crippen LogP contribution in [0.5, 0.6) is 0 Å². The molecule has 3 aromatic carbocycles. The van der Waals surface area contributed by atoms with E-state index in [0.29, 0.717) is 5.39 Å². The minimum absolute atomic E-state index is 0.0194. The van der Waals surface area contributed by atoms with Crippen LogP contribution in [0, 0.1) is 11.6 Å². The molecular weight excluding hydrogens is 516 g/mol. The second-order valence-electron chi connectivity index (χ2n) is 9.91. The number of rotatable bonds is 2. The molecule has 10 nitrogen and oxygen atoms in total. The number of aromatic amines is 1. The van der Waals surface area contributed by atoms with Crippen molar-refractivity contribution in [1.82, 2.24) is 14.5 Å². The van der Waals surface area contributed by atoms with Gasteiger partial charge in [-0.1, -0.05) is 24.3 Å². The van der Waals surface area contributed by atoms with E-state index < -0.39 is 60.7 Å². The van der Waals surface area contributed by atoms with Crippen LogP contribution in [0.25, 0.3) is 43.6 Å². The van der Waals surface area contributed by atoms with Crippen molar-refractivity contribution < 1.29 is 43.5 Å². The summed E-state index contributed by atoms with van der Waals surface area (Å²) in [5.74, 6) is -2.66. The van der Waals surface area contributed by atoms with Crippen molar-refractivity contribution in [3.63, 3.8) is 0 Å². The number of ether oxygens (including phenoxy) is 1. The molecule has 0 aliphatic carbocycles. The van der Waals surface area contributed by atoms with Gasteiger partial charge < -0.3 is 34.7 Å². The summed E-state index contributed by atoms with van der Waals surface area (Å²) in [7, 11) is 1.31. The second-order valence-corrected chi connectivity index (χ2v) is 9.91. The number of aliphatic hydroxyl groups excluding tert-OH is 4. The Bertz CT molecular complexity index is 1900. The number of benzene rings is 3. The highest BCUT2D eigenvalue weighted by molar-refractivity contribution is 6.39. The highest BCUT2D eigenvalue weighted by Crippen LogP contribution is 2.47. The van der Waals surface area contributed by atoms with Crippen LogP contribution in [-0.2, 0) is 4.74 Å². The fourth-order valence-electron chi connectivity index (χ4n) is 6.09. The van der Waals surface area contributed by atoms with Crippen molar-refractivity contribution in [1.29, 1.82) is 0 Å². The Hall–Kier alpha value is -3.94. The predicted molar refractivity (Wildman–Crippen MR) is 134 cm³/mol. The number of aromatic nitrogens is 2. The number of hydrogen-bond acceptors (Lipinski definition) is 7. The minimum atomic E-state index is -1.80. The number of para-hydroxylation sites is 2. The summed E-state index contributed by atoms with van der Waals surface area (Å²) in [6, 6.07) is 8.37. The molecule has 5 N–H and O–H groups in total. The molecule has 7 rings (SSSR count). The maximum Gasteiger partial charge on any atom is 0.262 e. The van der Waals surface area contributed by atoms with Crippen molar-refractivity contribution in [3.8, 4) is 0 Å². The summed E-state index contributed by atoms with van der Waals surface area (Å²) < 4.78 is 37.7. The molecule has 2 amide bonds. The quantitative estimate of drug-likeness (QED) is 0.216. The fraction of sp³-hybridized carbons (Fsp3) is 0.259. The van der Waals surface area contributed by atoms with Gasteiger partial charge in [0.1, 0.15) is 36.1 Å². The van der Waals surface area contributed by atoms with E-state index in [1.54, 1.807) is 6.07 Å². The Morgan fingerprint density at radius 2 is 1.49 bits per heavy atom. The number of nitrogens with zero attached hydrogens (tertiary/aromatic N) is 2. The summed E-state index contributed by atoms with van der Waals surface area (Å²) in [5, 5.41) is 42.6. The second kappa shape index (κ2) is 8.04. The fourth-order valence-corrected chi connectivity index (χ4v) is 6.09. The van der Waals surface area contributed by atoms with Gasteiger partial charge in [-0.05, 0) is 12.1 Å². The molecule has 2 aliphatic rings. The van der Waals surface area contributed by atoms with Gasteiger partial charge in [0.25, 0.3) is 11.8 Å². The van der Waals surface area contributed by atoms with Crippen molar-refractivity contribution in [2.45, 2.75) is 30.6 Å². The molecule has 0 radical (unpaired) electrons. The molecule has 39 heavy (non-hydrogen) atoms. The van der Waals surface area contributed by atoms with E-state index >= 15 is 4.39 Å². The minimum Gasteiger partial charge on any atom is -0.394 e. The first-order chi connectivity index (χ1) is 18.7. The standard InChI is InChI=1S/C27H21F2N3O7/c1-31-25(37)16-14-9-4-2-6-11(28)18(9)30-19(14)21-15(17(16)26(31)38)10-5-3-7-12(29)20(10)32(21)27-24(36)23(35)22(34)13(8-33)39-27/h2-7,13,22-24,27,30,33-36H,8H2,1H3/t13-,22-,23+,24-,27+/m1/s1. The number of halogens is 2. The van der Waals surface area contributed by atoms with Crippen LogP contribution in [0.4, 0.5) is 8.78 Å². The number of aliphatic hydroxyl groups is 4. The van der Waals surface area contributed by atoms with Crippen molar-refractivity contribution in [2.24, 2.45) is 0 Å². The molecule has 0 unspecified atom stereocenters. The summed E-state index contributed by atoms with van der Waals surface area (Å²) in [6.07, 6.45) is -8.12. The molecular formula is C27H21F2N3O7. The van der Waals surface area contributed by atoms with Gasteiger partial charge in [0.05, 0.1) is 39.8 Å². The lowest BCUT2D eigenvalue weighted by atomic mass is 9.96. The highest BCUT2D eigenvalue weighted by atomic mass is 19.1. The average Bonchev–Trinajstić information content (AvgIpc) is 3.54. The summed E-state index contributed by atoms with van der Waals surface area (Å²) >= 11 is 0. The zero-order chi connectivity index (χ0) is 27.5. The summed E-state index contributed by atoms with van der Waals surface area (Å²) in [5.41, 5.74) is 0.213. The zero-order valence-corrected chi connectivity index (χ0v) is 20.2. The molecule has 0 bridgehead atoms. The van der Waals surface area contributed by atoms with Gasteiger partial charge in [0.15, 0.2) is 6.23 Å². The zero-order valence-electron chi connectivity index (χ0n) is 20.2. The Kier molecular flexibility index (Phi) is 4.97. The molecule has 2 aromatic heterocycles. The van der Waals surface area contributed by atoms with Crippen LogP contribution >= 0.6 is 0 Å². The van der Waals surface area contributed by atoms with E-state index in [0.717, 1.165) is 11.0 Å². The van der Waals surface area contributed by atoms with Crippen LogP contribution in [0.3, 0.4) is 0 Å². The lowest BCUT2D eigenvalue weighted by Crippen LogP contribution is -2.56. The molecule has 12 heteroatoms. The van der Waals surface area contributed by atoms with Crippen molar-refractivity contribution in [2.75, 3.05) is 13.7 Å². The number of hydrogen-bond donors (Lipinski definition) is 5. The number of carbonyl (C=O) groups excluding carboxylic acids is 2. The third-order valence-electron chi connectivity index (χ3n) is 7.90. The normalized spacial score (nSPS) is 25.6. The van der Waals surface area contributed by atoms with E-state index in [-0.39, 0.29) is 49.4 Å². The Balaban J connectivity index is 1.75. The predicted octanol–water partition coefficient (Wildman–Crippen LogP) is 1.91. The molecule has 200 valence electrons. The molecule has 0 spiro atoms. The Morgan fingerprint density at radius 1 is 0.846 bits per heavy atom. The van der Waals surface area contributed by atoms with Gasteiger partial charge in [-0.15, -0.1) is 0 Å². The molecule has 4 heterocycles. The van der Waals surface area contributed by atoms with Gasteiger partial charge in [-0.25, -0.2) is 8.78 Å². The molecule has 1 fully saturated rings. The molecule has 5 aromatic rings. The lowest BCUT2D eigenvalue weighted by molar-refractivity contribution is -0.249. The lowest BCUT2D eigenvalue weighted by Gasteiger charge is -2.41. The van der Waals surface area contributed by atoms with E-state index in [1.807, 2.05) is 0 Å². The third-order valence-corrected chi connectivity index (χ3v) is 7.90. The Labute approximate surface area is 217 Å². The number of carbonyl (C=O) groups is 2. The van der Waals surface area contributed by atoms with E-state index in [9.17, 15) is 34.4 Å². The van der Waals surface area contributed by atoms with Gasteiger partial charge in [0.2, 0.25) is 0 Å². The smallest absolute Gasteiger partial charge is 0.262 e. The van der Waals surface area contributed by atoms with Gasteiger partial charge in [0, 0.05) is 28.6 Å².